The van der Waals surface area contributed by atoms with Gasteiger partial charge in [0.25, 0.3) is 5.56 Å². The van der Waals surface area contributed by atoms with Crippen LogP contribution in [-0.4, -0.2) is 20.6 Å². The maximum atomic E-state index is 13.1. The number of thiophene rings is 2. The summed E-state index contributed by atoms with van der Waals surface area (Å²) in [5, 5.41) is 11.8. The van der Waals surface area contributed by atoms with E-state index in [1.54, 1.807) is 11.3 Å². The number of hydrogen-bond donors (Lipinski definition) is 1. The third kappa shape index (κ3) is 2.49. The normalized spacial score (nSPS) is 12.7. The predicted molar refractivity (Wildman–Crippen MR) is 93.7 cm³/mol. The number of fused-ring (bicyclic) bond motifs is 1. The number of carboxylic acid groups (broad SMARTS) is 1. The fraction of sp³-hybridized carbons (Fsp3) is 0.312. The molecule has 120 valence electrons. The number of hydrogen-bond acceptors (Lipinski definition) is 5. The molecule has 0 aromatic carbocycles. The Bertz CT molecular complexity index is 939. The zero-order valence-corrected chi connectivity index (χ0v) is 14.6. The van der Waals surface area contributed by atoms with Gasteiger partial charge in [-0.25, -0.2) is 9.78 Å². The predicted octanol–water partition coefficient (Wildman–Crippen LogP) is 3.70. The van der Waals surface area contributed by atoms with E-state index in [1.165, 1.54) is 22.8 Å². The molecule has 3 heterocycles. The molecule has 0 bridgehead atoms. The molecule has 1 N–H and O–H groups in total. The number of carboxylic acids is 1. The summed E-state index contributed by atoms with van der Waals surface area (Å²) in [7, 11) is 0. The van der Waals surface area contributed by atoms with E-state index in [-0.39, 0.29) is 5.56 Å². The molecule has 7 heteroatoms. The third-order valence-corrected chi connectivity index (χ3v) is 5.72. The van der Waals surface area contributed by atoms with Crippen molar-refractivity contribution in [3.63, 3.8) is 0 Å². The molecule has 0 aliphatic heterocycles. The molecule has 1 unspecified atom stereocenters. The lowest BCUT2D eigenvalue weighted by Gasteiger charge is -2.15. The largest absolute Gasteiger partial charge is 0.480 e. The van der Waals surface area contributed by atoms with Gasteiger partial charge in [0, 0.05) is 21.7 Å². The second-order valence-corrected chi connectivity index (χ2v) is 7.41. The van der Waals surface area contributed by atoms with Crippen molar-refractivity contribution in [3.05, 3.63) is 38.6 Å². The molecule has 0 amide bonds. The maximum Gasteiger partial charge on any atom is 0.326 e. The Morgan fingerprint density at radius 3 is 2.78 bits per heavy atom. The Kier molecular flexibility index (Phi) is 4.08. The Balaban J connectivity index is 2.42. The minimum absolute atomic E-state index is 0.269. The molecule has 0 fully saturated rings. The molecule has 1 atom stereocenters. The minimum atomic E-state index is -1.03. The van der Waals surface area contributed by atoms with Crippen LogP contribution in [0.3, 0.4) is 0 Å². The van der Waals surface area contributed by atoms with Crippen molar-refractivity contribution in [1.82, 2.24) is 9.55 Å². The lowest BCUT2D eigenvalue weighted by atomic mass is 10.1. The second kappa shape index (κ2) is 5.90. The average molecular weight is 348 g/mol. The van der Waals surface area contributed by atoms with Crippen molar-refractivity contribution >= 4 is 38.9 Å². The fourth-order valence-corrected chi connectivity index (χ4v) is 4.64. The van der Waals surface area contributed by atoms with Crippen LogP contribution in [-0.2, 0) is 11.2 Å². The number of aliphatic carboxylic acids is 1. The number of rotatable bonds is 4. The van der Waals surface area contributed by atoms with Crippen molar-refractivity contribution < 1.29 is 9.90 Å². The first-order chi connectivity index (χ1) is 11.0. The molecular weight excluding hydrogens is 332 g/mol. The van der Waals surface area contributed by atoms with E-state index in [1.807, 2.05) is 31.4 Å². The molecular formula is C16H16N2O3S2. The number of aromatic nitrogens is 2. The Labute approximate surface area is 140 Å². The van der Waals surface area contributed by atoms with Gasteiger partial charge in [-0.2, -0.15) is 0 Å². The molecule has 0 radical (unpaired) electrons. The maximum absolute atomic E-state index is 13.1. The summed E-state index contributed by atoms with van der Waals surface area (Å²) in [4.78, 5) is 31.7. The highest BCUT2D eigenvalue weighted by Gasteiger charge is 2.24. The van der Waals surface area contributed by atoms with Crippen molar-refractivity contribution in [3.8, 4) is 10.4 Å². The molecule has 0 saturated heterocycles. The van der Waals surface area contributed by atoms with E-state index >= 15 is 0 Å². The van der Waals surface area contributed by atoms with E-state index in [2.05, 4.69) is 4.98 Å². The summed E-state index contributed by atoms with van der Waals surface area (Å²) in [6.45, 7) is 5.36. The van der Waals surface area contributed by atoms with Crippen LogP contribution in [0.4, 0.5) is 0 Å². The topological polar surface area (TPSA) is 72.2 Å². The molecule has 0 spiro atoms. The number of aryl methyl sites for hydroxylation is 2. The summed E-state index contributed by atoms with van der Waals surface area (Å²) < 4.78 is 1.31. The first-order valence-electron chi connectivity index (χ1n) is 7.26. The first-order valence-corrected chi connectivity index (χ1v) is 8.96. The smallest absolute Gasteiger partial charge is 0.326 e. The lowest BCUT2D eigenvalue weighted by Crippen LogP contribution is -2.31. The van der Waals surface area contributed by atoms with E-state index in [9.17, 15) is 14.7 Å². The van der Waals surface area contributed by atoms with Crippen LogP contribution in [0.2, 0.25) is 0 Å². The summed E-state index contributed by atoms with van der Waals surface area (Å²) in [6, 6.07) is 2.97. The first kappa shape index (κ1) is 15.9. The SMILES string of the molecule is CCc1nc2sc(C)c(-c3cccs3)c2c(=O)n1C(C)C(=O)O. The minimum Gasteiger partial charge on any atom is -0.480 e. The van der Waals surface area contributed by atoms with Gasteiger partial charge in [-0.3, -0.25) is 9.36 Å². The van der Waals surface area contributed by atoms with Gasteiger partial charge in [-0.15, -0.1) is 22.7 Å². The van der Waals surface area contributed by atoms with Crippen molar-refractivity contribution in [1.29, 1.82) is 0 Å². The zero-order chi connectivity index (χ0) is 16.7. The highest BCUT2D eigenvalue weighted by molar-refractivity contribution is 7.20. The van der Waals surface area contributed by atoms with Crippen molar-refractivity contribution in [2.45, 2.75) is 33.2 Å². The van der Waals surface area contributed by atoms with Crippen molar-refractivity contribution in [2.24, 2.45) is 0 Å². The molecule has 0 saturated carbocycles. The van der Waals surface area contributed by atoms with Gasteiger partial charge in [0.2, 0.25) is 0 Å². The summed E-state index contributed by atoms with van der Waals surface area (Å²) in [6.07, 6.45) is 0.508. The van der Waals surface area contributed by atoms with Gasteiger partial charge in [0.05, 0.1) is 5.39 Å². The van der Waals surface area contributed by atoms with E-state index in [0.29, 0.717) is 22.5 Å². The molecule has 3 aromatic heterocycles. The molecule has 3 aromatic rings. The Hall–Kier alpha value is -1.99. The molecule has 0 aliphatic carbocycles. The van der Waals surface area contributed by atoms with Gasteiger partial charge in [0.1, 0.15) is 16.7 Å². The zero-order valence-electron chi connectivity index (χ0n) is 13.0. The number of carbonyl (C=O) groups is 1. The van der Waals surface area contributed by atoms with E-state index < -0.39 is 12.0 Å². The third-order valence-electron chi connectivity index (χ3n) is 3.84. The molecule has 0 aliphatic rings. The van der Waals surface area contributed by atoms with Crippen LogP contribution in [0.25, 0.3) is 20.7 Å². The summed E-state index contributed by atoms with van der Waals surface area (Å²) in [5.41, 5.74) is 0.612. The Morgan fingerprint density at radius 1 is 1.48 bits per heavy atom. The van der Waals surface area contributed by atoms with Gasteiger partial charge < -0.3 is 5.11 Å². The monoisotopic (exact) mass is 348 g/mol. The molecule has 5 nitrogen and oxygen atoms in total. The van der Waals surface area contributed by atoms with Gasteiger partial charge in [-0.05, 0) is 25.3 Å². The molecule has 3 rings (SSSR count). The van der Waals surface area contributed by atoms with Crippen molar-refractivity contribution in [2.75, 3.05) is 0 Å². The Morgan fingerprint density at radius 2 is 2.22 bits per heavy atom. The standard InChI is InChI=1S/C16H16N2O3S2/c1-4-11-17-14-13(15(19)18(11)8(2)16(20)21)12(9(3)23-14)10-6-5-7-22-10/h5-8H,4H2,1-3H3,(H,20,21). The highest BCUT2D eigenvalue weighted by Crippen LogP contribution is 2.38. The van der Waals surface area contributed by atoms with Gasteiger partial charge >= 0.3 is 5.97 Å². The van der Waals surface area contributed by atoms with Crippen LogP contribution in [0.1, 0.15) is 30.6 Å². The summed E-state index contributed by atoms with van der Waals surface area (Å²) >= 11 is 3.05. The van der Waals surface area contributed by atoms with Crippen LogP contribution in [0.5, 0.6) is 0 Å². The van der Waals surface area contributed by atoms with Gasteiger partial charge in [0.15, 0.2) is 0 Å². The molecule has 23 heavy (non-hydrogen) atoms. The van der Waals surface area contributed by atoms with Gasteiger partial charge in [-0.1, -0.05) is 13.0 Å². The lowest BCUT2D eigenvalue weighted by molar-refractivity contribution is -0.140. The highest BCUT2D eigenvalue weighted by atomic mass is 32.1. The quantitative estimate of drug-likeness (QED) is 0.780. The summed E-state index contributed by atoms with van der Waals surface area (Å²) in [5.74, 6) is -0.524. The van der Waals surface area contributed by atoms with Crippen LogP contribution in [0, 0.1) is 6.92 Å². The van der Waals surface area contributed by atoms with Crippen LogP contribution in [0.15, 0.2) is 22.3 Å². The van der Waals surface area contributed by atoms with Crippen LogP contribution < -0.4 is 5.56 Å². The average Bonchev–Trinajstić information content (AvgIpc) is 3.12. The second-order valence-electron chi connectivity index (χ2n) is 5.26. The number of nitrogens with zero attached hydrogens (tertiary/aromatic N) is 2. The van der Waals surface area contributed by atoms with E-state index in [0.717, 1.165) is 15.3 Å². The van der Waals surface area contributed by atoms with Crippen LogP contribution >= 0.6 is 22.7 Å². The van der Waals surface area contributed by atoms with E-state index in [4.69, 9.17) is 0 Å². The fourth-order valence-electron chi connectivity index (χ4n) is 2.69.